The predicted octanol–water partition coefficient (Wildman–Crippen LogP) is 5.58. The average molecular weight is 314 g/mol. The van der Waals surface area contributed by atoms with E-state index >= 15 is 0 Å². The maximum atomic E-state index is 10.3. The molecule has 0 unspecified atom stereocenters. The lowest BCUT2D eigenvalue weighted by molar-refractivity contribution is -0.281. The highest BCUT2D eigenvalue weighted by molar-refractivity contribution is 5.66. The van der Waals surface area contributed by atoms with Crippen molar-refractivity contribution in [2.24, 2.45) is 0 Å². The number of carboxylic acids is 1. The largest absolute Gasteiger partial charge is 0.481 e. The minimum absolute atomic E-state index is 0.0227. The van der Waals surface area contributed by atoms with Gasteiger partial charge in [-0.1, -0.05) is 57.6 Å². The van der Waals surface area contributed by atoms with Crippen molar-refractivity contribution < 1.29 is 20.0 Å². The molecule has 0 bridgehead atoms. The zero-order valence-electron chi connectivity index (χ0n) is 14.1. The Labute approximate surface area is 135 Å². The number of hydrogen-bond acceptors (Lipinski definition) is 3. The monoisotopic (exact) mass is 314 g/mol. The second kappa shape index (κ2) is 16.5. The van der Waals surface area contributed by atoms with Gasteiger partial charge in [0.25, 0.3) is 0 Å². The van der Waals surface area contributed by atoms with E-state index in [0.29, 0.717) is 6.42 Å². The molecule has 0 radical (unpaired) electrons. The summed E-state index contributed by atoms with van der Waals surface area (Å²) in [4.78, 5) is 14.9. The van der Waals surface area contributed by atoms with Crippen LogP contribution in [-0.4, -0.2) is 22.4 Å². The molecule has 4 heteroatoms. The Morgan fingerprint density at radius 1 is 0.955 bits per heavy atom. The van der Waals surface area contributed by atoms with E-state index in [4.69, 9.17) is 10.4 Å². The molecule has 0 rings (SSSR count). The van der Waals surface area contributed by atoms with Gasteiger partial charge in [0.2, 0.25) is 0 Å². The first-order valence-corrected chi connectivity index (χ1v) is 8.87. The Balaban J connectivity index is 3.36. The summed E-state index contributed by atoms with van der Waals surface area (Å²) in [5, 5.41) is 17.4. The first-order chi connectivity index (χ1) is 10.7. The third-order valence-corrected chi connectivity index (χ3v) is 3.86. The lowest BCUT2D eigenvalue weighted by atomic mass is 10.1. The molecule has 0 aromatic rings. The van der Waals surface area contributed by atoms with Crippen molar-refractivity contribution in [1.82, 2.24) is 0 Å². The average Bonchev–Trinajstić information content (AvgIpc) is 2.50. The molecule has 0 saturated carbocycles. The smallest absolute Gasteiger partial charge is 0.303 e. The van der Waals surface area contributed by atoms with Gasteiger partial charge in [-0.3, -0.25) is 10.1 Å². The molecule has 4 nitrogen and oxygen atoms in total. The van der Waals surface area contributed by atoms with Crippen LogP contribution in [0.1, 0.15) is 90.4 Å². The Bertz CT molecular complexity index is 276. The molecule has 0 spiro atoms. The molecule has 0 aliphatic rings. The van der Waals surface area contributed by atoms with Gasteiger partial charge in [0.05, 0.1) is 6.10 Å². The summed E-state index contributed by atoms with van der Waals surface area (Å²) in [5.41, 5.74) is 0. The van der Waals surface area contributed by atoms with E-state index in [1.54, 1.807) is 0 Å². The van der Waals surface area contributed by atoms with Gasteiger partial charge in [0.15, 0.2) is 0 Å². The zero-order chi connectivity index (χ0) is 16.5. The van der Waals surface area contributed by atoms with Gasteiger partial charge >= 0.3 is 5.97 Å². The third-order valence-electron chi connectivity index (χ3n) is 3.86. The highest BCUT2D eigenvalue weighted by Crippen LogP contribution is 2.12. The Hall–Kier alpha value is -0.870. The van der Waals surface area contributed by atoms with E-state index in [1.807, 2.05) is 0 Å². The van der Waals surface area contributed by atoms with Crippen molar-refractivity contribution in [3.8, 4) is 0 Å². The summed E-state index contributed by atoms with van der Waals surface area (Å²) in [6.07, 6.45) is 17.3. The van der Waals surface area contributed by atoms with Gasteiger partial charge in [-0.25, -0.2) is 4.89 Å². The lowest BCUT2D eigenvalue weighted by Gasteiger charge is -2.11. The fourth-order valence-electron chi connectivity index (χ4n) is 2.46. The van der Waals surface area contributed by atoms with Crippen LogP contribution in [0.5, 0.6) is 0 Å². The van der Waals surface area contributed by atoms with Crippen LogP contribution in [0, 0.1) is 0 Å². The zero-order valence-corrected chi connectivity index (χ0v) is 14.1. The molecule has 0 fully saturated rings. The minimum atomic E-state index is -0.692. The van der Waals surface area contributed by atoms with E-state index in [1.165, 1.54) is 25.7 Å². The van der Waals surface area contributed by atoms with Crippen LogP contribution in [0.3, 0.4) is 0 Å². The van der Waals surface area contributed by atoms with Crippen molar-refractivity contribution in [3.05, 3.63) is 12.2 Å². The van der Waals surface area contributed by atoms with Gasteiger partial charge in [-0.05, 0) is 38.5 Å². The molecule has 0 amide bonds. The van der Waals surface area contributed by atoms with Gasteiger partial charge < -0.3 is 5.11 Å². The molecule has 0 aliphatic heterocycles. The number of hydrogen-bond donors (Lipinski definition) is 2. The maximum Gasteiger partial charge on any atom is 0.303 e. The quantitative estimate of drug-likeness (QED) is 0.169. The van der Waals surface area contributed by atoms with E-state index in [-0.39, 0.29) is 6.10 Å². The van der Waals surface area contributed by atoms with Crippen LogP contribution in [0.15, 0.2) is 12.2 Å². The topological polar surface area (TPSA) is 66.8 Å². The van der Waals surface area contributed by atoms with E-state index < -0.39 is 5.97 Å². The summed E-state index contributed by atoms with van der Waals surface area (Å²) in [6.45, 7) is 2.17. The van der Waals surface area contributed by atoms with E-state index in [2.05, 4.69) is 24.0 Å². The predicted molar refractivity (Wildman–Crippen MR) is 90.0 cm³/mol. The molecule has 0 aliphatic carbocycles. The van der Waals surface area contributed by atoms with Crippen LogP contribution in [0.4, 0.5) is 0 Å². The first kappa shape index (κ1) is 21.1. The SMILES string of the molecule is CCCCC[C@@H](CCC=CCCCCCCCC(=O)O)OO. The van der Waals surface area contributed by atoms with Crippen LogP contribution < -0.4 is 0 Å². The molecule has 130 valence electrons. The number of carboxylic acid groups (broad SMARTS) is 1. The number of rotatable bonds is 16. The van der Waals surface area contributed by atoms with Crippen LogP contribution in [0.2, 0.25) is 0 Å². The highest BCUT2D eigenvalue weighted by Gasteiger charge is 2.06. The number of allylic oxidation sites excluding steroid dienone is 2. The normalized spacial score (nSPS) is 12.8. The van der Waals surface area contributed by atoms with Gasteiger partial charge in [-0.15, -0.1) is 0 Å². The van der Waals surface area contributed by atoms with E-state index in [9.17, 15) is 4.79 Å². The Morgan fingerprint density at radius 2 is 1.64 bits per heavy atom. The minimum Gasteiger partial charge on any atom is -0.481 e. The summed E-state index contributed by atoms with van der Waals surface area (Å²) < 4.78 is 0. The van der Waals surface area contributed by atoms with E-state index in [0.717, 1.165) is 51.4 Å². The number of unbranched alkanes of at least 4 members (excludes halogenated alkanes) is 7. The maximum absolute atomic E-state index is 10.3. The fourth-order valence-corrected chi connectivity index (χ4v) is 2.46. The second-order valence-corrected chi connectivity index (χ2v) is 5.97. The lowest BCUT2D eigenvalue weighted by Crippen LogP contribution is -2.10. The van der Waals surface area contributed by atoms with Gasteiger partial charge in [0.1, 0.15) is 0 Å². The molecule has 0 saturated heterocycles. The summed E-state index contributed by atoms with van der Waals surface area (Å²) in [7, 11) is 0. The highest BCUT2D eigenvalue weighted by atomic mass is 17.1. The van der Waals surface area contributed by atoms with Crippen molar-refractivity contribution in [2.45, 2.75) is 96.5 Å². The van der Waals surface area contributed by atoms with Gasteiger partial charge in [-0.2, -0.15) is 0 Å². The summed E-state index contributed by atoms with van der Waals surface area (Å²) >= 11 is 0. The first-order valence-electron chi connectivity index (χ1n) is 8.87. The van der Waals surface area contributed by atoms with Crippen molar-refractivity contribution in [2.75, 3.05) is 0 Å². The molecule has 1 atom stereocenters. The van der Waals surface area contributed by atoms with Crippen molar-refractivity contribution in [1.29, 1.82) is 0 Å². The second-order valence-electron chi connectivity index (χ2n) is 5.97. The molecular weight excluding hydrogens is 280 g/mol. The molecular formula is C18H34O4. The standard InChI is InChI=1S/C18H34O4/c1-2-3-11-14-17(22-21)15-12-9-7-5-4-6-8-10-13-16-18(19)20/h7,9,17,21H,2-6,8,10-16H2,1H3,(H,19,20)/t17-/m0/s1. The van der Waals surface area contributed by atoms with Gasteiger partial charge in [0, 0.05) is 6.42 Å². The van der Waals surface area contributed by atoms with Crippen LogP contribution >= 0.6 is 0 Å². The Morgan fingerprint density at radius 3 is 2.32 bits per heavy atom. The molecule has 2 N–H and O–H groups in total. The third kappa shape index (κ3) is 15.5. The van der Waals surface area contributed by atoms with Crippen molar-refractivity contribution >= 4 is 5.97 Å². The summed E-state index contributed by atoms with van der Waals surface area (Å²) in [6, 6.07) is 0. The Kier molecular flexibility index (Phi) is 15.8. The summed E-state index contributed by atoms with van der Waals surface area (Å²) in [5.74, 6) is -0.692. The fraction of sp³-hybridized carbons (Fsp3) is 0.833. The molecule has 0 aromatic heterocycles. The number of carbonyl (C=O) groups is 1. The van der Waals surface area contributed by atoms with Crippen molar-refractivity contribution in [3.63, 3.8) is 0 Å². The van der Waals surface area contributed by atoms with Crippen LogP contribution in [-0.2, 0) is 9.68 Å². The molecule has 0 heterocycles. The molecule has 22 heavy (non-hydrogen) atoms. The number of aliphatic carboxylic acids is 1. The van der Waals surface area contributed by atoms with Crippen LogP contribution in [0.25, 0.3) is 0 Å². The molecule has 0 aromatic carbocycles.